The van der Waals surface area contributed by atoms with Crippen molar-refractivity contribution in [3.63, 3.8) is 0 Å². The highest BCUT2D eigenvalue weighted by molar-refractivity contribution is 9.10. The van der Waals surface area contributed by atoms with Crippen LogP contribution >= 0.6 is 15.9 Å². The van der Waals surface area contributed by atoms with E-state index in [9.17, 15) is 14.0 Å². The van der Waals surface area contributed by atoms with Gasteiger partial charge in [-0.25, -0.2) is 4.39 Å². The fourth-order valence-corrected chi connectivity index (χ4v) is 2.12. The summed E-state index contributed by atoms with van der Waals surface area (Å²) in [5, 5.41) is 0. The van der Waals surface area contributed by atoms with Crippen molar-refractivity contribution in [1.82, 2.24) is 4.90 Å². The molecule has 0 saturated heterocycles. The second kappa shape index (κ2) is 8.74. The van der Waals surface area contributed by atoms with Crippen LogP contribution in [0.1, 0.15) is 16.8 Å². The van der Waals surface area contributed by atoms with Gasteiger partial charge in [-0.1, -0.05) is 6.07 Å². The van der Waals surface area contributed by atoms with Gasteiger partial charge in [-0.05, 0) is 28.1 Å². The smallest absolute Gasteiger partial charge is 0.307 e. The van der Waals surface area contributed by atoms with E-state index in [1.54, 1.807) is 0 Å². The van der Waals surface area contributed by atoms with Crippen molar-refractivity contribution >= 4 is 27.8 Å². The van der Waals surface area contributed by atoms with Gasteiger partial charge < -0.3 is 14.4 Å². The summed E-state index contributed by atoms with van der Waals surface area (Å²) in [6, 6.07) is 4.24. The Balaban J connectivity index is 2.88. The summed E-state index contributed by atoms with van der Waals surface area (Å²) in [5.41, 5.74) is 0.205. The molecule has 1 aromatic rings. The largest absolute Gasteiger partial charge is 0.469 e. The van der Waals surface area contributed by atoms with Crippen LogP contribution in [-0.2, 0) is 14.3 Å². The summed E-state index contributed by atoms with van der Waals surface area (Å²) < 4.78 is 23.1. The molecule has 0 N–H and O–H groups in total. The lowest BCUT2D eigenvalue weighted by atomic mass is 10.2. The maximum Gasteiger partial charge on any atom is 0.307 e. The first-order chi connectivity index (χ1) is 10.0. The van der Waals surface area contributed by atoms with Crippen molar-refractivity contribution in [2.75, 3.05) is 33.9 Å². The summed E-state index contributed by atoms with van der Waals surface area (Å²) in [6.07, 6.45) is 0.0683. The predicted molar refractivity (Wildman–Crippen MR) is 78.5 cm³/mol. The standard InChI is InChI=1S/C14H17BrFNO4/c1-20-9-8-17(7-6-12(18)21-2)14(19)10-4-3-5-11(16)13(10)15/h3-5H,6-9H2,1-2H3. The Labute approximate surface area is 131 Å². The van der Waals surface area contributed by atoms with Crippen LogP contribution in [-0.4, -0.2) is 50.7 Å². The molecule has 7 heteroatoms. The molecule has 0 aliphatic heterocycles. The Hall–Kier alpha value is -1.47. The molecule has 0 atom stereocenters. The van der Waals surface area contributed by atoms with Crippen molar-refractivity contribution < 1.29 is 23.5 Å². The average molecular weight is 362 g/mol. The van der Waals surface area contributed by atoms with Crippen LogP contribution in [0.4, 0.5) is 4.39 Å². The lowest BCUT2D eigenvalue weighted by molar-refractivity contribution is -0.140. The summed E-state index contributed by atoms with van der Waals surface area (Å²) in [4.78, 5) is 25.1. The Morgan fingerprint density at radius 3 is 2.62 bits per heavy atom. The van der Waals surface area contributed by atoms with Crippen LogP contribution in [0, 0.1) is 5.82 Å². The van der Waals surface area contributed by atoms with Crippen LogP contribution in [0.15, 0.2) is 22.7 Å². The van der Waals surface area contributed by atoms with Gasteiger partial charge in [0.2, 0.25) is 0 Å². The fourth-order valence-electron chi connectivity index (χ4n) is 1.68. The second-order valence-electron chi connectivity index (χ2n) is 4.21. The molecule has 1 aromatic carbocycles. The van der Waals surface area contributed by atoms with Crippen LogP contribution in [0.5, 0.6) is 0 Å². The van der Waals surface area contributed by atoms with Crippen molar-refractivity contribution in [2.45, 2.75) is 6.42 Å². The number of carbonyl (C=O) groups is 2. The Morgan fingerprint density at radius 2 is 2.00 bits per heavy atom. The normalized spacial score (nSPS) is 10.3. The minimum Gasteiger partial charge on any atom is -0.469 e. The molecule has 1 rings (SSSR count). The van der Waals surface area contributed by atoms with Gasteiger partial charge in [0, 0.05) is 20.2 Å². The van der Waals surface area contributed by atoms with Gasteiger partial charge in [-0.3, -0.25) is 9.59 Å². The lowest BCUT2D eigenvalue weighted by Gasteiger charge is -2.22. The first-order valence-electron chi connectivity index (χ1n) is 6.30. The molecule has 116 valence electrons. The molecule has 0 unspecified atom stereocenters. The van der Waals surface area contributed by atoms with Crippen molar-refractivity contribution in [3.05, 3.63) is 34.1 Å². The zero-order chi connectivity index (χ0) is 15.8. The molecule has 21 heavy (non-hydrogen) atoms. The number of halogens is 2. The number of hydrogen-bond acceptors (Lipinski definition) is 4. The van der Waals surface area contributed by atoms with Crippen LogP contribution < -0.4 is 0 Å². The molecule has 0 fully saturated rings. The summed E-state index contributed by atoms with van der Waals surface area (Å²) in [6.45, 7) is 0.799. The third kappa shape index (κ3) is 5.09. The molecule has 0 aliphatic carbocycles. The van der Waals surface area contributed by atoms with Gasteiger partial charge in [-0.15, -0.1) is 0 Å². The van der Waals surface area contributed by atoms with Gasteiger partial charge in [0.1, 0.15) is 5.82 Å². The summed E-state index contributed by atoms with van der Waals surface area (Å²) in [5.74, 6) is -1.30. The van der Waals surface area contributed by atoms with Gasteiger partial charge in [0.05, 0.1) is 30.2 Å². The second-order valence-corrected chi connectivity index (χ2v) is 5.01. The van der Waals surface area contributed by atoms with Gasteiger partial charge in [-0.2, -0.15) is 0 Å². The number of nitrogens with zero attached hydrogens (tertiary/aromatic N) is 1. The molecule has 0 spiro atoms. The van der Waals surface area contributed by atoms with E-state index in [1.165, 1.54) is 37.3 Å². The van der Waals surface area contributed by atoms with Crippen molar-refractivity contribution in [3.8, 4) is 0 Å². The summed E-state index contributed by atoms with van der Waals surface area (Å²) >= 11 is 3.07. The highest BCUT2D eigenvalue weighted by Gasteiger charge is 2.20. The van der Waals surface area contributed by atoms with E-state index in [0.29, 0.717) is 13.2 Å². The molecule has 0 aliphatic rings. The molecular formula is C14H17BrFNO4. The minimum absolute atomic E-state index is 0.0683. The third-order valence-corrected chi connectivity index (χ3v) is 3.65. The molecule has 0 bridgehead atoms. The predicted octanol–water partition coefficient (Wildman–Crippen LogP) is 2.24. The van der Waals surface area contributed by atoms with Gasteiger partial charge in [0.15, 0.2) is 0 Å². The van der Waals surface area contributed by atoms with Crippen LogP contribution in [0.2, 0.25) is 0 Å². The fraction of sp³-hybridized carbons (Fsp3) is 0.429. The first-order valence-corrected chi connectivity index (χ1v) is 7.09. The van der Waals surface area contributed by atoms with E-state index in [2.05, 4.69) is 20.7 Å². The number of methoxy groups -OCH3 is 2. The van der Waals surface area contributed by atoms with E-state index >= 15 is 0 Å². The van der Waals surface area contributed by atoms with Crippen LogP contribution in [0.25, 0.3) is 0 Å². The Morgan fingerprint density at radius 1 is 1.29 bits per heavy atom. The lowest BCUT2D eigenvalue weighted by Crippen LogP contribution is -2.36. The van der Waals surface area contributed by atoms with E-state index in [4.69, 9.17) is 4.74 Å². The molecule has 0 radical (unpaired) electrons. The van der Waals surface area contributed by atoms with E-state index in [-0.39, 0.29) is 28.9 Å². The number of esters is 1. The number of ether oxygens (including phenoxy) is 2. The summed E-state index contributed by atoms with van der Waals surface area (Å²) in [7, 11) is 2.80. The van der Waals surface area contributed by atoms with E-state index < -0.39 is 11.8 Å². The Kier molecular flexibility index (Phi) is 7.31. The Bertz CT molecular complexity index is 510. The van der Waals surface area contributed by atoms with Crippen molar-refractivity contribution in [1.29, 1.82) is 0 Å². The first kappa shape index (κ1) is 17.6. The van der Waals surface area contributed by atoms with Gasteiger partial charge in [0.25, 0.3) is 5.91 Å². The number of rotatable bonds is 7. The monoisotopic (exact) mass is 361 g/mol. The third-order valence-electron chi connectivity index (χ3n) is 2.85. The van der Waals surface area contributed by atoms with Gasteiger partial charge >= 0.3 is 5.97 Å². The topological polar surface area (TPSA) is 55.8 Å². The number of carbonyl (C=O) groups excluding carboxylic acids is 2. The molecular weight excluding hydrogens is 345 g/mol. The maximum absolute atomic E-state index is 13.5. The highest BCUT2D eigenvalue weighted by atomic mass is 79.9. The molecule has 1 amide bonds. The number of hydrogen-bond donors (Lipinski definition) is 0. The van der Waals surface area contributed by atoms with E-state index in [1.807, 2.05) is 0 Å². The quantitative estimate of drug-likeness (QED) is 0.699. The zero-order valence-corrected chi connectivity index (χ0v) is 13.5. The molecule has 0 saturated carbocycles. The molecule has 5 nitrogen and oxygen atoms in total. The average Bonchev–Trinajstić information content (AvgIpc) is 2.49. The zero-order valence-electron chi connectivity index (χ0n) is 11.9. The molecule has 0 heterocycles. The number of amides is 1. The maximum atomic E-state index is 13.5. The number of benzene rings is 1. The SMILES string of the molecule is COCCN(CCC(=O)OC)C(=O)c1cccc(F)c1Br. The minimum atomic E-state index is -0.513. The van der Waals surface area contributed by atoms with E-state index in [0.717, 1.165) is 0 Å². The molecule has 0 aromatic heterocycles. The van der Waals surface area contributed by atoms with Crippen molar-refractivity contribution in [2.24, 2.45) is 0 Å². The highest BCUT2D eigenvalue weighted by Crippen LogP contribution is 2.22. The van der Waals surface area contributed by atoms with Crippen LogP contribution in [0.3, 0.4) is 0 Å².